The first-order chi connectivity index (χ1) is 19.8. The Morgan fingerprint density at radius 3 is 2.17 bits per heavy atom. The molecule has 2 aromatic rings. The van der Waals surface area contributed by atoms with E-state index in [0.717, 1.165) is 50.5 Å². The number of benzene rings is 2. The van der Waals surface area contributed by atoms with Gasteiger partial charge in [0.15, 0.2) is 0 Å². The molecule has 3 aliphatic carbocycles. The lowest BCUT2D eigenvalue weighted by molar-refractivity contribution is -0.175. The number of hydrogen-bond acceptors (Lipinski definition) is 4. The van der Waals surface area contributed by atoms with Crippen LogP contribution in [0.5, 0.6) is 0 Å². The van der Waals surface area contributed by atoms with Gasteiger partial charge in [0.2, 0.25) is 0 Å². The largest absolute Gasteiger partial charge is 0.454 e. The van der Waals surface area contributed by atoms with Crippen LogP contribution < -0.4 is 0 Å². The van der Waals surface area contributed by atoms with Gasteiger partial charge in [-0.3, -0.25) is 4.79 Å². The lowest BCUT2D eigenvalue weighted by atomic mass is 9.72. The number of carbonyl (C=O) groups is 2. The SMILES string of the molecule is C/C(=C\C1CCC(C)C(C)(OC(=O)C(C)(C)C)c2ccccc2C1)C(=O)OC1(C)c2ccccc2CCCCC12CC2. The number of aryl methyl sites for hydroxylation is 1. The summed E-state index contributed by atoms with van der Waals surface area (Å²) in [5.41, 5.74) is 3.60. The molecule has 1 fully saturated rings. The summed E-state index contributed by atoms with van der Waals surface area (Å²) < 4.78 is 12.9. The van der Waals surface area contributed by atoms with Crippen molar-refractivity contribution in [1.29, 1.82) is 0 Å². The Hall–Kier alpha value is -2.88. The van der Waals surface area contributed by atoms with Crippen molar-refractivity contribution in [3.05, 3.63) is 82.4 Å². The van der Waals surface area contributed by atoms with Crippen molar-refractivity contribution < 1.29 is 19.1 Å². The molecule has 226 valence electrons. The maximum Gasteiger partial charge on any atom is 0.334 e. The molecule has 0 radical (unpaired) electrons. The standard InChI is InChI=1S/C38H50O4/c1-26(33(39)41-37(7)32-18-11-8-14-29(32)15-12-13-21-38(37)22-23-38)24-28-20-19-27(2)36(6,42-34(40)35(3,4)5)31-17-10-9-16-30(31)25-28/h8-11,14,16-18,24,27-28H,12-13,15,19-23,25H2,1-7H3/b26-24+. The Bertz CT molecular complexity index is 1360. The van der Waals surface area contributed by atoms with Crippen LogP contribution in [0.3, 0.4) is 0 Å². The van der Waals surface area contributed by atoms with Crippen molar-refractivity contribution >= 4 is 11.9 Å². The molecule has 0 N–H and O–H groups in total. The van der Waals surface area contributed by atoms with Gasteiger partial charge in [-0.15, -0.1) is 0 Å². The summed E-state index contributed by atoms with van der Waals surface area (Å²) in [4.78, 5) is 26.9. The molecule has 0 heterocycles. The predicted molar refractivity (Wildman–Crippen MR) is 168 cm³/mol. The molecule has 0 bridgehead atoms. The molecule has 0 amide bonds. The highest BCUT2D eigenvalue weighted by Gasteiger charge is 2.60. The third-order valence-corrected chi connectivity index (χ3v) is 10.7. The van der Waals surface area contributed by atoms with Crippen LogP contribution in [0.25, 0.3) is 0 Å². The molecule has 1 saturated carbocycles. The van der Waals surface area contributed by atoms with E-state index < -0.39 is 16.6 Å². The molecule has 0 aromatic heterocycles. The average molecular weight is 571 g/mol. The molecule has 5 rings (SSSR count). The van der Waals surface area contributed by atoms with Gasteiger partial charge in [0.25, 0.3) is 0 Å². The number of hydrogen-bond donors (Lipinski definition) is 0. The van der Waals surface area contributed by atoms with Gasteiger partial charge in [-0.05, 0) is 121 Å². The molecule has 0 saturated heterocycles. The third-order valence-electron chi connectivity index (χ3n) is 10.7. The van der Waals surface area contributed by atoms with Crippen molar-refractivity contribution in [3.8, 4) is 0 Å². The van der Waals surface area contributed by atoms with Crippen molar-refractivity contribution in [2.45, 2.75) is 117 Å². The summed E-state index contributed by atoms with van der Waals surface area (Å²) in [6.45, 7) is 14.1. The predicted octanol–water partition coefficient (Wildman–Crippen LogP) is 8.99. The molecule has 2 aromatic carbocycles. The van der Waals surface area contributed by atoms with Crippen LogP contribution in [0.1, 0.15) is 116 Å². The maximum absolute atomic E-state index is 13.8. The van der Waals surface area contributed by atoms with Gasteiger partial charge in [0, 0.05) is 16.9 Å². The first-order valence-corrected chi connectivity index (χ1v) is 16.1. The monoisotopic (exact) mass is 570 g/mol. The quantitative estimate of drug-likeness (QED) is 0.272. The van der Waals surface area contributed by atoms with Crippen LogP contribution >= 0.6 is 0 Å². The number of carbonyl (C=O) groups excluding carboxylic acids is 2. The molecule has 42 heavy (non-hydrogen) atoms. The molecular weight excluding hydrogens is 520 g/mol. The first-order valence-electron chi connectivity index (χ1n) is 16.1. The fourth-order valence-electron chi connectivity index (χ4n) is 7.45. The molecular formula is C38H50O4. The van der Waals surface area contributed by atoms with Gasteiger partial charge in [-0.2, -0.15) is 0 Å². The van der Waals surface area contributed by atoms with E-state index in [9.17, 15) is 9.59 Å². The fraction of sp³-hybridized carbons (Fsp3) is 0.579. The lowest BCUT2D eigenvalue weighted by Crippen LogP contribution is -2.41. The van der Waals surface area contributed by atoms with E-state index in [2.05, 4.69) is 69.3 Å². The first kappa shape index (κ1) is 30.6. The van der Waals surface area contributed by atoms with Gasteiger partial charge >= 0.3 is 11.9 Å². The van der Waals surface area contributed by atoms with Crippen LogP contribution in [0.2, 0.25) is 0 Å². The van der Waals surface area contributed by atoms with Crippen molar-refractivity contribution in [2.75, 3.05) is 0 Å². The van der Waals surface area contributed by atoms with Gasteiger partial charge in [0.1, 0.15) is 11.2 Å². The van der Waals surface area contributed by atoms with Crippen LogP contribution in [-0.4, -0.2) is 11.9 Å². The highest BCUT2D eigenvalue weighted by Crippen LogP contribution is 2.64. The van der Waals surface area contributed by atoms with E-state index in [4.69, 9.17) is 9.47 Å². The van der Waals surface area contributed by atoms with E-state index >= 15 is 0 Å². The number of rotatable bonds is 4. The third kappa shape index (κ3) is 5.71. The lowest BCUT2D eigenvalue weighted by Gasteiger charge is -2.41. The Kier molecular flexibility index (Phi) is 8.24. The Morgan fingerprint density at radius 2 is 1.50 bits per heavy atom. The number of ether oxygens (including phenoxy) is 2. The van der Waals surface area contributed by atoms with E-state index in [1.165, 1.54) is 29.5 Å². The number of esters is 2. The number of allylic oxidation sites excluding steroid dienone is 1. The molecule has 3 aliphatic rings. The van der Waals surface area contributed by atoms with Crippen LogP contribution in [0, 0.1) is 22.7 Å². The smallest absolute Gasteiger partial charge is 0.334 e. The Balaban J connectivity index is 1.41. The second-order valence-corrected chi connectivity index (χ2v) is 14.8. The Morgan fingerprint density at radius 1 is 0.857 bits per heavy atom. The number of fused-ring (bicyclic) bond motifs is 2. The minimum Gasteiger partial charge on any atom is -0.454 e. The molecule has 4 nitrogen and oxygen atoms in total. The van der Waals surface area contributed by atoms with Crippen LogP contribution in [0.4, 0.5) is 0 Å². The summed E-state index contributed by atoms with van der Waals surface area (Å²) in [7, 11) is 0. The summed E-state index contributed by atoms with van der Waals surface area (Å²) in [6, 6.07) is 16.9. The average Bonchev–Trinajstić information content (AvgIpc) is 3.74. The van der Waals surface area contributed by atoms with Gasteiger partial charge in [-0.25, -0.2) is 4.79 Å². The normalized spacial score (nSPS) is 29.2. The second kappa shape index (κ2) is 11.3. The topological polar surface area (TPSA) is 52.6 Å². The van der Waals surface area contributed by atoms with Gasteiger partial charge in [0.05, 0.1) is 5.41 Å². The van der Waals surface area contributed by atoms with E-state index in [-0.39, 0.29) is 29.2 Å². The Labute approximate surface area is 253 Å². The molecule has 4 atom stereocenters. The summed E-state index contributed by atoms with van der Waals surface area (Å²) in [5, 5.41) is 0. The van der Waals surface area contributed by atoms with E-state index in [1.807, 2.05) is 33.8 Å². The fourth-order valence-corrected chi connectivity index (χ4v) is 7.45. The highest BCUT2D eigenvalue weighted by molar-refractivity contribution is 5.88. The van der Waals surface area contributed by atoms with Gasteiger partial charge in [-0.1, -0.05) is 68.0 Å². The maximum atomic E-state index is 13.8. The van der Waals surface area contributed by atoms with Crippen molar-refractivity contribution in [1.82, 2.24) is 0 Å². The minimum absolute atomic E-state index is 0.0447. The molecule has 4 unspecified atom stereocenters. The summed E-state index contributed by atoms with van der Waals surface area (Å²) in [5.74, 6) is -0.0729. The van der Waals surface area contributed by atoms with E-state index in [1.54, 1.807) is 0 Å². The van der Waals surface area contributed by atoms with Crippen LogP contribution in [-0.2, 0) is 43.1 Å². The van der Waals surface area contributed by atoms with E-state index in [0.29, 0.717) is 5.57 Å². The van der Waals surface area contributed by atoms with Crippen LogP contribution in [0.15, 0.2) is 60.2 Å². The molecule has 0 aliphatic heterocycles. The second-order valence-electron chi connectivity index (χ2n) is 14.8. The summed E-state index contributed by atoms with van der Waals surface area (Å²) >= 11 is 0. The van der Waals surface area contributed by atoms with Crippen molar-refractivity contribution in [2.24, 2.45) is 22.7 Å². The molecule has 1 spiro atoms. The van der Waals surface area contributed by atoms with Gasteiger partial charge < -0.3 is 9.47 Å². The minimum atomic E-state index is -0.706. The zero-order valence-corrected chi connectivity index (χ0v) is 26.8. The highest BCUT2D eigenvalue weighted by atomic mass is 16.6. The summed E-state index contributed by atoms with van der Waals surface area (Å²) in [6.07, 6.45) is 11.5. The zero-order valence-electron chi connectivity index (χ0n) is 26.8. The zero-order chi connectivity index (χ0) is 30.3. The van der Waals surface area contributed by atoms with Crippen molar-refractivity contribution in [3.63, 3.8) is 0 Å². The molecule has 4 heteroatoms.